The topological polar surface area (TPSA) is 25.2 Å². The van der Waals surface area contributed by atoms with Gasteiger partial charge in [-0.1, -0.05) is 146 Å². The van der Waals surface area contributed by atoms with E-state index in [4.69, 9.17) is 4.42 Å². The van der Waals surface area contributed by atoms with Crippen molar-refractivity contribution in [1.29, 1.82) is 0 Å². The van der Waals surface area contributed by atoms with Gasteiger partial charge in [0, 0.05) is 32.8 Å². The van der Waals surface area contributed by atoms with Gasteiger partial charge >= 0.3 is 0 Å². The zero-order chi connectivity index (χ0) is 30.5. The quantitative estimate of drug-likeness (QED) is 0.203. The molecule has 46 heavy (non-hydrogen) atoms. The van der Waals surface area contributed by atoms with E-state index < -0.39 is 0 Å². The van der Waals surface area contributed by atoms with E-state index in [1.165, 1.54) is 43.8 Å². The minimum absolute atomic E-state index is 0.894. The first-order valence-electron chi connectivity index (χ1n) is 15.7. The maximum absolute atomic E-state index is 6.27. The van der Waals surface area contributed by atoms with Gasteiger partial charge in [-0.3, -0.25) is 0 Å². The summed E-state index contributed by atoms with van der Waals surface area (Å²) in [6, 6.07) is 60.3. The van der Waals surface area contributed by atoms with E-state index >= 15 is 0 Å². The van der Waals surface area contributed by atoms with Crippen LogP contribution < -0.4 is 5.32 Å². The second-order valence-corrected chi connectivity index (χ2v) is 11.7. The van der Waals surface area contributed by atoms with Gasteiger partial charge in [-0.25, -0.2) is 0 Å². The highest BCUT2D eigenvalue weighted by molar-refractivity contribution is 6.22. The van der Waals surface area contributed by atoms with Crippen molar-refractivity contribution in [1.82, 2.24) is 0 Å². The molecular weight excluding hydrogens is 558 g/mol. The Bertz CT molecular complexity index is 2540. The lowest BCUT2D eigenvalue weighted by Gasteiger charge is -2.21. The van der Waals surface area contributed by atoms with Crippen LogP contribution in [0.5, 0.6) is 0 Å². The summed E-state index contributed by atoms with van der Waals surface area (Å²) < 4.78 is 6.27. The molecule has 2 heteroatoms. The third-order valence-electron chi connectivity index (χ3n) is 9.07. The molecule has 0 spiro atoms. The van der Waals surface area contributed by atoms with E-state index in [-0.39, 0.29) is 0 Å². The first-order chi connectivity index (χ1) is 22.8. The summed E-state index contributed by atoms with van der Waals surface area (Å²) in [6.45, 7) is 0. The van der Waals surface area contributed by atoms with Gasteiger partial charge < -0.3 is 9.73 Å². The molecule has 0 unspecified atom stereocenters. The number of benzene rings is 8. The van der Waals surface area contributed by atoms with Gasteiger partial charge in [0.25, 0.3) is 0 Å². The smallest absolute Gasteiger partial charge is 0.136 e. The number of nitrogens with one attached hydrogen (secondary N) is 1. The molecule has 2 nitrogen and oxygen atoms in total. The zero-order valence-electron chi connectivity index (χ0n) is 25.1. The number of furan rings is 1. The number of rotatable bonds is 5. The summed E-state index contributed by atoms with van der Waals surface area (Å²) in [6.07, 6.45) is 0. The molecule has 0 saturated heterocycles. The fraction of sp³-hybridized carbons (Fsp3) is 0. The number of para-hydroxylation sites is 2. The average molecular weight is 588 g/mol. The first-order valence-corrected chi connectivity index (χ1v) is 15.7. The summed E-state index contributed by atoms with van der Waals surface area (Å²) >= 11 is 0. The van der Waals surface area contributed by atoms with Crippen molar-refractivity contribution in [2.45, 2.75) is 0 Å². The van der Waals surface area contributed by atoms with Crippen molar-refractivity contribution in [2.75, 3.05) is 5.32 Å². The lowest BCUT2D eigenvalue weighted by molar-refractivity contribution is 0.669. The van der Waals surface area contributed by atoms with Gasteiger partial charge in [0.05, 0.1) is 5.69 Å². The Kier molecular flexibility index (Phi) is 6.17. The molecule has 0 aliphatic heterocycles. The number of anilines is 2. The summed E-state index contributed by atoms with van der Waals surface area (Å²) in [7, 11) is 0. The SMILES string of the molecule is c1ccc(-c2ccc3c(Nc4ccccc4-c4cccc5oc6ccccc6c45)c4ccccc4c(-c4ccccc4)c3c2)cc1. The fourth-order valence-electron chi connectivity index (χ4n) is 7.00. The van der Waals surface area contributed by atoms with Crippen molar-refractivity contribution in [2.24, 2.45) is 0 Å². The van der Waals surface area contributed by atoms with Gasteiger partial charge in [-0.05, 0) is 62.9 Å². The van der Waals surface area contributed by atoms with Crippen LogP contribution in [0.25, 0.3) is 76.9 Å². The summed E-state index contributed by atoms with van der Waals surface area (Å²) in [4.78, 5) is 0. The molecule has 0 fully saturated rings. The van der Waals surface area contributed by atoms with Crippen LogP contribution >= 0.6 is 0 Å². The number of hydrogen-bond donors (Lipinski definition) is 1. The van der Waals surface area contributed by atoms with Crippen LogP contribution in [0.1, 0.15) is 0 Å². The number of fused-ring (bicyclic) bond motifs is 5. The van der Waals surface area contributed by atoms with Gasteiger partial charge in [0.2, 0.25) is 0 Å². The molecule has 0 aliphatic rings. The first kappa shape index (κ1) is 26.3. The maximum Gasteiger partial charge on any atom is 0.136 e. The molecule has 1 aromatic heterocycles. The van der Waals surface area contributed by atoms with Gasteiger partial charge in [0.1, 0.15) is 11.2 Å². The molecule has 9 aromatic rings. The molecule has 8 aromatic carbocycles. The second kappa shape index (κ2) is 10.8. The summed E-state index contributed by atoms with van der Waals surface area (Å²) in [5.41, 5.74) is 11.1. The molecule has 0 saturated carbocycles. The highest BCUT2D eigenvalue weighted by Crippen LogP contribution is 2.46. The monoisotopic (exact) mass is 587 g/mol. The normalized spacial score (nSPS) is 11.5. The predicted octanol–water partition coefficient (Wildman–Crippen LogP) is 12.6. The van der Waals surface area contributed by atoms with E-state index in [9.17, 15) is 0 Å². The molecule has 0 aliphatic carbocycles. The van der Waals surface area contributed by atoms with Crippen LogP contribution in [-0.2, 0) is 0 Å². The average Bonchev–Trinajstić information content (AvgIpc) is 3.51. The molecule has 0 atom stereocenters. The third kappa shape index (κ3) is 4.27. The summed E-state index contributed by atoms with van der Waals surface area (Å²) in [5.74, 6) is 0. The van der Waals surface area contributed by atoms with Crippen LogP contribution in [0.2, 0.25) is 0 Å². The third-order valence-corrected chi connectivity index (χ3v) is 9.07. The second-order valence-electron chi connectivity index (χ2n) is 11.7. The Morgan fingerprint density at radius 1 is 0.370 bits per heavy atom. The van der Waals surface area contributed by atoms with Crippen molar-refractivity contribution < 1.29 is 4.42 Å². The van der Waals surface area contributed by atoms with Gasteiger partial charge in [-0.15, -0.1) is 0 Å². The van der Waals surface area contributed by atoms with Crippen molar-refractivity contribution in [3.05, 3.63) is 170 Å². The van der Waals surface area contributed by atoms with E-state index in [2.05, 4.69) is 163 Å². The minimum atomic E-state index is 0.894. The lowest BCUT2D eigenvalue weighted by atomic mass is 9.88. The fourth-order valence-corrected chi connectivity index (χ4v) is 7.00. The highest BCUT2D eigenvalue weighted by atomic mass is 16.3. The minimum Gasteiger partial charge on any atom is -0.456 e. The van der Waals surface area contributed by atoms with E-state index in [0.717, 1.165) is 44.4 Å². The van der Waals surface area contributed by atoms with Crippen molar-refractivity contribution in [3.63, 3.8) is 0 Å². The van der Waals surface area contributed by atoms with Crippen LogP contribution in [-0.4, -0.2) is 0 Å². The van der Waals surface area contributed by atoms with Crippen LogP contribution in [0, 0.1) is 0 Å². The molecule has 216 valence electrons. The molecule has 1 heterocycles. The Morgan fingerprint density at radius 3 is 1.80 bits per heavy atom. The van der Waals surface area contributed by atoms with Crippen LogP contribution in [0.3, 0.4) is 0 Å². The number of hydrogen-bond acceptors (Lipinski definition) is 2. The van der Waals surface area contributed by atoms with Gasteiger partial charge in [-0.2, -0.15) is 0 Å². The largest absolute Gasteiger partial charge is 0.456 e. The van der Waals surface area contributed by atoms with E-state index in [1.807, 2.05) is 12.1 Å². The van der Waals surface area contributed by atoms with Crippen LogP contribution in [0.4, 0.5) is 11.4 Å². The molecular formula is C44H29NO. The molecule has 9 rings (SSSR count). The predicted molar refractivity (Wildman–Crippen MR) is 195 cm³/mol. The van der Waals surface area contributed by atoms with Crippen molar-refractivity contribution >= 4 is 54.9 Å². The molecule has 0 amide bonds. The van der Waals surface area contributed by atoms with Crippen LogP contribution in [0.15, 0.2) is 174 Å². The lowest BCUT2D eigenvalue weighted by Crippen LogP contribution is -1.98. The standard InChI is InChI=1S/C44H29NO/c1-3-14-29(15-4-1)31-26-27-36-38(28-31)42(30-16-5-2-6-17-30)34-19-7-8-20-35(34)44(36)45-39-23-11-9-18-32(39)33-22-13-25-41-43(33)37-21-10-12-24-40(37)46-41/h1-28,45H. The van der Waals surface area contributed by atoms with Crippen molar-refractivity contribution in [3.8, 4) is 33.4 Å². The maximum atomic E-state index is 6.27. The zero-order valence-corrected chi connectivity index (χ0v) is 25.1. The Hall–Kier alpha value is -6.12. The highest BCUT2D eigenvalue weighted by Gasteiger charge is 2.19. The van der Waals surface area contributed by atoms with Gasteiger partial charge in [0.15, 0.2) is 0 Å². The van der Waals surface area contributed by atoms with E-state index in [1.54, 1.807) is 0 Å². The molecule has 0 radical (unpaired) electrons. The summed E-state index contributed by atoms with van der Waals surface area (Å²) in [5, 5.41) is 11.0. The molecule has 0 bridgehead atoms. The Balaban J connectivity index is 1.31. The van der Waals surface area contributed by atoms with E-state index in [0.29, 0.717) is 0 Å². The Labute approximate surface area is 267 Å². The Morgan fingerprint density at radius 2 is 0.978 bits per heavy atom. The molecule has 1 N–H and O–H groups in total.